The van der Waals surface area contributed by atoms with E-state index in [1.807, 2.05) is 6.92 Å². The SMILES string of the molecule is CCNc1ccc([N+](=O)[O-])c(-c2cc(C)cc(F)c2)n1. The largest absolute Gasteiger partial charge is 0.370 e. The Morgan fingerprint density at radius 1 is 1.35 bits per heavy atom. The number of anilines is 1. The summed E-state index contributed by atoms with van der Waals surface area (Å²) in [5.41, 5.74) is 1.10. The molecule has 0 fully saturated rings. The molecule has 104 valence electrons. The molecule has 20 heavy (non-hydrogen) atoms. The molecular formula is C14H14FN3O2. The smallest absolute Gasteiger partial charge is 0.295 e. The summed E-state index contributed by atoms with van der Waals surface area (Å²) in [6, 6.07) is 7.20. The second-order valence-corrected chi connectivity index (χ2v) is 4.37. The van der Waals surface area contributed by atoms with Crippen molar-refractivity contribution in [3.05, 3.63) is 51.8 Å². The lowest BCUT2D eigenvalue weighted by Crippen LogP contribution is -2.02. The van der Waals surface area contributed by atoms with Crippen molar-refractivity contribution >= 4 is 11.5 Å². The second-order valence-electron chi connectivity index (χ2n) is 4.37. The third-order valence-corrected chi connectivity index (χ3v) is 2.74. The Bertz CT molecular complexity index is 639. The Kier molecular flexibility index (Phi) is 3.93. The van der Waals surface area contributed by atoms with Crippen molar-refractivity contribution in [2.45, 2.75) is 13.8 Å². The summed E-state index contributed by atoms with van der Waals surface area (Å²) in [6.07, 6.45) is 0. The van der Waals surface area contributed by atoms with Crippen LogP contribution in [-0.2, 0) is 0 Å². The van der Waals surface area contributed by atoms with Gasteiger partial charge in [-0.05, 0) is 43.7 Å². The van der Waals surface area contributed by atoms with Crippen LogP contribution in [0, 0.1) is 22.9 Å². The lowest BCUT2D eigenvalue weighted by Gasteiger charge is -2.07. The molecule has 2 rings (SSSR count). The fraction of sp³-hybridized carbons (Fsp3) is 0.214. The molecule has 1 N–H and O–H groups in total. The number of aromatic nitrogens is 1. The molecule has 0 saturated heterocycles. The van der Waals surface area contributed by atoms with Crippen LogP contribution in [0.25, 0.3) is 11.3 Å². The minimum absolute atomic E-state index is 0.142. The fourth-order valence-electron chi connectivity index (χ4n) is 1.96. The molecule has 0 aliphatic carbocycles. The predicted octanol–water partition coefficient (Wildman–Crippen LogP) is 3.54. The lowest BCUT2D eigenvalue weighted by atomic mass is 10.1. The summed E-state index contributed by atoms with van der Waals surface area (Å²) >= 11 is 0. The molecule has 1 aromatic heterocycles. The van der Waals surface area contributed by atoms with E-state index in [4.69, 9.17) is 0 Å². The van der Waals surface area contributed by atoms with Gasteiger partial charge in [0, 0.05) is 18.2 Å². The van der Waals surface area contributed by atoms with E-state index in [9.17, 15) is 14.5 Å². The quantitative estimate of drug-likeness (QED) is 0.684. The number of rotatable bonds is 4. The van der Waals surface area contributed by atoms with Crippen molar-refractivity contribution in [2.75, 3.05) is 11.9 Å². The van der Waals surface area contributed by atoms with Gasteiger partial charge in [-0.3, -0.25) is 10.1 Å². The van der Waals surface area contributed by atoms with Crippen LogP contribution in [0.4, 0.5) is 15.9 Å². The molecule has 0 spiro atoms. The first-order valence-electron chi connectivity index (χ1n) is 6.18. The van der Waals surface area contributed by atoms with Gasteiger partial charge in [-0.25, -0.2) is 9.37 Å². The van der Waals surface area contributed by atoms with Gasteiger partial charge < -0.3 is 5.32 Å². The van der Waals surface area contributed by atoms with Crippen LogP contribution in [0.2, 0.25) is 0 Å². The second kappa shape index (κ2) is 5.64. The van der Waals surface area contributed by atoms with Gasteiger partial charge in [0.05, 0.1) is 4.92 Å². The van der Waals surface area contributed by atoms with Crippen LogP contribution >= 0.6 is 0 Å². The van der Waals surface area contributed by atoms with Gasteiger partial charge in [-0.1, -0.05) is 0 Å². The maximum atomic E-state index is 13.5. The Morgan fingerprint density at radius 3 is 2.70 bits per heavy atom. The molecule has 6 heteroatoms. The lowest BCUT2D eigenvalue weighted by molar-refractivity contribution is -0.384. The van der Waals surface area contributed by atoms with Crippen molar-refractivity contribution in [3.63, 3.8) is 0 Å². The molecule has 0 bridgehead atoms. The Labute approximate surface area is 115 Å². The maximum absolute atomic E-state index is 13.5. The molecular weight excluding hydrogens is 261 g/mol. The molecule has 5 nitrogen and oxygen atoms in total. The molecule has 0 unspecified atom stereocenters. The van der Waals surface area contributed by atoms with Crippen molar-refractivity contribution < 1.29 is 9.31 Å². The summed E-state index contributed by atoms with van der Waals surface area (Å²) in [6.45, 7) is 4.27. The number of nitrogens with zero attached hydrogens (tertiary/aromatic N) is 2. The first-order chi connectivity index (χ1) is 9.51. The molecule has 0 aliphatic heterocycles. The summed E-state index contributed by atoms with van der Waals surface area (Å²) in [4.78, 5) is 14.8. The van der Waals surface area contributed by atoms with Gasteiger partial charge >= 0.3 is 0 Å². The molecule has 0 amide bonds. The van der Waals surface area contributed by atoms with Crippen molar-refractivity contribution in [2.24, 2.45) is 0 Å². The number of pyridine rings is 1. The molecule has 0 radical (unpaired) electrons. The van der Waals surface area contributed by atoms with E-state index in [2.05, 4.69) is 10.3 Å². The van der Waals surface area contributed by atoms with E-state index < -0.39 is 10.7 Å². The van der Waals surface area contributed by atoms with Gasteiger partial charge in [0.2, 0.25) is 0 Å². The summed E-state index contributed by atoms with van der Waals surface area (Å²) < 4.78 is 13.5. The Morgan fingerprint density at radius 2 is 2.10 bits per heavy atom. The highest BCUT2D eigenvalue weighted by atomic mass is 19.1. The summed E-state index contributed by atoms with van der Waals surface area (Å²) in [5.74, 6) is 0.0833. The first kappa shape index (κ1) is 13.9. The Hall–Kier alpha value is -2.50. The normalized spacial score (nSPS) is 10.3. The first-order valence-corrected chi connectivity index (χ1v) is 6.18. The van der Waals surface area contributed by atoms with Crippen molar-refractivity contribution in [3.8, 4) is 11.3 Å². The highest BCUT2D eigenvalue weighted by Gasteiger charge is 2.18. The van der Waals surface area contributed by atoms with E-state index in [0.29, 0.717) is 23.5 Å². The molecule has 1 aromatic carbocycles. The van der Waals surface area contributed by atoms with Crippen molar-refractivity contribution in [1.82, 2.24) is 4.98 Å². The minimum atomic E-state index is -0.516. The van der Waals surface area contributed by atoms with Crippen LogP contribution in [0.3, 0.4) is 0 Å². The number of benzene rings is 1. The van der Waals surface area contributed by atoms with E-state index in [1.54, 1.807) is 13.0 Å². The molecule has 1 heterocycles. The highest BCUT2D eigenvalue weighted by molar-refractivity contribution is 5.71. The van der Waals surface area contributed by atoms with Gasteiger partial charge in [0.25, 0.3) is 5.69 Å². The van der Waals surface area contributed by atoms with Gasteiger partial charge in [0.1, 0.15) is 11.6 Å². The summed E-state index contributed by atoms with van der Waals surface area (Å²) in [7, 11) is 0. The molecule has 0 aliphatic rings. The van der Waals surface area contributed by atoms with Gasteiger partial charge in [-0.15, -0.1) is 0 Å². The fourth-order valence-corrected chi connectivity index (χ4v) is 1.96. The Balaban J connectivity index is 2.62. The number of hydrogen-bond donors (Lipinski definition) is 1. The van der Waals surface area contributed by atoms with E-state index in [0.717, 1.165) is 0 Å². The third kappa shape index (κ3) is 2.90. The van der Waals surface area contributed by atoms with Crippen LogP contribution in [0.5, 0.6) is 0 Å². The third-order valence-electron chi connectivity index (χ3n) is 2.74. The van der Waals surface area contributed by atoms with Gasteiger partial charge in [0.15, 0.2) is 5.69 Å². The monoisotopic (exact) mass is 275 g/mol. The number of halogens is 1. The predicted molar refractivity (Wildman–Crippen MR) is 75.2 cm³/mol. The van der Waals surface area contributed by atoms with E-state index >= 15 is 0 Å². The number of aryl methyl sites for hydroxylation is 1. The molecule has 0 saturated carbocycles. The number of nitrogens with one attached hydrogen (secondary N) is 1. The standard InChI is InChI=1S/C14H14FN3O2/c1-3-16-13-5-4-12(18(19)20)14(17-13)10-6-9(2)7-11(15)8-10/h4-8H,3H2,1-2H3,(H,16,17). The topological polar surface area (TPSA) is 68.1 Å². The van der Waals surface area contributed by atoms with E-state index in [1.165, 1.54) is 24.3 Å². The van der Waals surface area contributed by atoms with Crippen LogP contribution in [-0.4, -0.2) is 16.5 Å². The zero-order valence-corrected chi connectivity index (χ0v) is 11.2. The molecule has 2 aromatic rings. The van der Waals surface area contributed by atoms with Crippen LogP contribution in [0.1, 0.15) is 12.5 Å². The van der Waals surface area contributed by atoms with Crippen molar-refractivity contribution in [1.29, 1.82) is 0 Å². The van der Waals surface area contributed by atoms with Crippen LogP contribution in [0.15, 0.2) is 30.3 Å². The zero-order valence-electron chi connectivity index (χ0n) is 11.2. The van der Waals surface area contributed by atoms with E-state index in [-0.39, 0.29) is 11.4 Å². The maximum Gasteiger partial charge on any atom is 0.295 e. The molecule has 0 atom stereocenters. The average Bonchev–Trinajstić information content (AvgIpc) is 2.37. The highest BCUT2D eigenvalue weighted by Crippen LogP contribution is 2.30. The minimum Gasteiger partial charge on any atom is -0.370 e. The average molecular weight is 275 g/mol. The zero-order chi connectivity index (χ0) is 14.7. The van der Waals surface area contributed by atoms with Gasteiger partial charge in [-0.2, -0.15) is 0 Å². The number of nitro groups is 1. The van der Waals surface area contributed by atoms with Crippen LogP contribution < -0.4 is 5.32 Å². The number of hydrogen-bond acceptors (Lipinski definition) is 4. The summed E-state index contributed by atoms with van der Waals surface area (Å²) in [5, 5.41) is 14.1.